The van der Waals surface area contributed by atoms with Crippen molar-refractivity contribution >= 4 is 34.1 Å². The van der Waals surface area contributed by atoms with Crippen LogP contribution < -0.4 is 5.32 Å². The van der Waals surface area contributed by atoms with Gasteiger partial charge in [-0.25, -0.2) is 4.98 Å². The second kappa shape index (κ2) is 6.70. The number of aromatic nitrogens is 1. The summed E-state index contributed by atoms with van der Waals surface area (Å²) in [5.41, 5.74) is -4.22. The van der Waals surface area contributed by atoms with Crippen LogP contribution in [0.25, 0.3) is 0 Å². The highest BCUT2D eigenvalue weighted by Gasteiger charge is 2.29. The molecule has 0 saturated heterocycles. The summed E-state index contributed by atoms with van der Waals surface area (Å²) >= 11 is 1.10. The topological polar surface area (TPSA) is 42.0 Å². The van der Waals surface area contributed by atoms with Crippen molar-refractivity contribution in [2.75, 3.05) is 5.32 Å². The zero-order valence-electron chi connectivity index (χ0n) is 11.8. The first-order valence-corrected chi connectivity index (χ1v) is 8.01. The number of halogens is 3. The lowest BCUT2D eigenvalue weighted by molar-refractivity contribution is -0.0328. The van der Waals surface area contributed by atoms with Gasteiger partial charge in [-0.3, -0.25) is 10.1 Å². The van der Waals surface area contributed by atoms with Gasteiger partial charge in [-0.05, 0) is 35.9 Å². The van der Waals surface area contributed by atoms with E-state index in [0.29, 0.717) is 11.0 Å². The van der Waals surface area contributed by atoms with E-state index in [1.807, 2.05) is 13.8 Å². The molecule has 1 aromatic heterocycles. The molecule has 0 fully saturated rings. The molecule has 0 atom stereocenters. The molecule has 0 radical (unpaired) electrons. The van der Waals surface area contributed by atoms with Crippen LogP contribution >= 0.6 is 23.1 Å². The number of nitrogens with one attached hydrogen (secondary N) is 1. The standard InChI is InChI=1S/C14H13F3N2OS2/c1-8(2)11-7-18-13(21-11)19-12(20)9-4-3-5-10(6-9)22-14(15,16)17/h3-8H,1-2H3,(H,18,19,20). The molecule has 1 amide bonds. The quantitative estimate of drug-likeness (QED) is 0.780. The molecular formula is C14H13F3N2OS2. The van der Waals surface area contributed by atoms with Gasteiger partial charge in [0.15, 0.2) is 5.13 Å². The Bertz CT molecular complexity index is 668. The molecule has 0 unspecified atom stereocenters. The summed E-state index contributed by atoms with van der Waals surface area (Å²) in [6.07, 6.45) is 1.68. The van der Waals surface area contributed by atoms with E-state index < -0.39 is 11.4 Å². The van der Waals surface area contributed by atoms with Crippen molar-refractivity contribution in [1.82, 2.24) is 4.98 Å². The number of nitrogens with zero attached hydrogens (tertiary/aromatic N) is 1. The van der Waals surface area contributed by atoms with Gasteiger partial charge in [0, 0.05) is 21.5 Å². The Morgan fingerprint density at radius 2 is 2.09 bits per heavy atom. The van der Waals surface area contributed by atoms with Gasteiger partial charge in [-0.15, -0.1) is 11.3 Å². The Morgan fingerprint density at radius 3 is 2.68 bits per heavy atom. The van der Waals surface area contributed by atoms with Gasteiger partial charge >= 0.3 is 5.51 Å². The minimum Gasteiger partial charge on any atom is -0.298 e. The third-order valence-corrected chi connectivity index (χ3v) is 4.58. The minimum absolute atomic E-state index is 0.0258. The summed E-state index contributed by atoms with van der Waals surface area (Å²) in [7, 11) is 0. The Labute approximate surface area is 134 Å². The molecule has 118 valence electrons. The number of anilines is 1. The molecule has 2 aromatic rings. The fraction of sp³-hybridized carbons (Fsp3) is 0.286. The molecule has 22 heavy (non-hydrogen) atoms. The molecule has 1 heterocycles. The molecular weight excluding hydrogens is 333 g/mol. The first kappa shape index (κ1) is 16.8. The van der Waals surface area contributed by atoms with Gasteiger partial charge in [0.1, 0.15) is 0 Å². The molecule has 1 aromatic carbocycles. The lowest BCUT2D eigenvalue weighted by Gasteiger charge is -2.07. The summed E-state index contributed by atoms with van der Waals surface area (Å²) < 4.78 is 37.1. The van der Waals surface area contributed by atoms with Crippen molar-refractivity contribution in [3.8, 4) is 0 Å². The summed E-state index contributed by atoms with van der Waals surface area (Å²) in [4.78, 5) is 17.2. The third-order valence-electron chi connectivity index (χ3n) is 2.64. The number of hydrogen-bond acceptors (Lipinski definition) is 4. The normalized spacial score (nSPS) is 11.7. The zero-order chi connectivity index (χ0) is 16.3. The second-order valence-corrected chi connectivity index (χ2v) is 6.95. The number of thiazole rings is 1. The molecule has 0 aliphatic rings. The third kappa shape index (κ3) is 4.74. The van der Waals surface area contributed by atoms with Crippen LogP contribution in [0.15, 0.2) is 35.4 Å². The number of amides is 1. The summed E-state index contributed by atoms with van der Waals surface area (Å²) in [5.74, 6) is -0.177. The van der Waals surface area contributed by atoms with Crippen molar-refractivity contribution in [2.45, 2.75) is 30.2 Å². The maximum Gasteiger partial charge on any atom is 0.446 e. The Hall–Kier alpha value is -1.54. The SMILES string of the molecule is CC(C)c1cnc(NC(=O)c2cccc(SC(F)(F)F)c2)s1. The van der Waals surface area contributed by atoms with Crippen molar-refractivity contribution in [3.05, 3.63) is 40.9 Å². The molecule has 0 aliphatic heterocycles. The number of rotatable bonds is 4. The van der Waals surface area contributed by atoms with Gasteiger partial charge < -0.3 is 0 Å². The highest BCUT2D eigenvalue weighted by Crippen LogP contribution is 2.37. The molecule has 0 spiro atoms. The predicted molar refractivity (Wildman–Crippen MR) is 82.5 cm³/mol. The zero-order valence-corrected chi connectivity index (χ0v) is 13.4. The predicted octanol–water partition coefficient (Wildman–Crippen LogP) is 5.13. The first-order chi connectivity index (χ1) is 10.2. The number of thioether (sulfide) groups is 1. The van der Waals surface area contributed by atoms with Crippen LogP contribution in [0, 0.1) is 0 Å². The monoisotopic (exact) mass is 346 g/mol. The van der Waals surface area contributed by atoms with Crippen molar-refractivity contribution < 1.29 is 18.0 Å². The van der Waals surface area contributed by atoms with Crippen molar-refractivity contribution in [3.63, 3.8) is 0 Å². The van der Waals surface area contributed by atoms with Gasteiger partial charge in [0.25, 0.3) is 5.91 Å². The lowest BCUT2D eigenvalue weighted by atomic mass is 10.2. The Kier molecular flexibility index (Phi) is 5.12. The summed E-state index contributed by atoms with van der Waals surface area (Å²) in [6.45, 7) is 4.02. The highest BCUT2D eigenvalue weighted by atomic mass is 32.2. The van der Waals surface area contributed by atoms with Crippen LogP contribution in [0.3, 0.4) is 0 Å². The van der Waals surface area contributed by atoms with Crippen molar-refractivity contribution in [2.24, 2.45) is 0 Å². The largest absolute Gasteiger partial charge is 0.446 e. The second-order valence-electron chi connectivity index (χ2n) is 4.75. The summed E-state index contributed by atoms with van der Waals surface area (Å²) in [6, 6.07) is 5.41. The number of alkyl halides is 3. The average Bonchev–Trinajstić information content (AvgIpc) is 2.85. The molecule has 3 nitrogen and oxygen atoms in total. The maximum absolute atomic E-state index is 12.4. The van der Waals surface area contributed by atoms with Crippen LogP contribution in [0.4, 0.5) is 18.3 Å². The van der Waals surface area contributed by atoms with E-state index in [-0.39, 0.29) is 22.2 Å². The fourth-order valence-electron chi connectivity index (χ4n) is 1.62. The summed E-state index contributed by atoms with van der Waals surface area (Å²) in [5, 5.41) is 3.03. The molecule has 8 heteroatoms. The molecule has 0 bridgehead atoms. The molecule has 0 aliphatic carbocycles. The van der Waals surface area contributed by atoms with E-state index in [2.05, 4.69) is 10.3 Å². The van der Waals surface area contributed by atoms with Crippen LogP contribution in [-0.4, -0.2) is 16.4 Å². The van der Waals surface area contributed by atoms with E-state index >= 15 is 0 Å². The lowest BCUT2D eigenvalue weighted by Crippen LogP contribution is -2.11. The van der Waals surface area contributed by atoms with E-state index in [9.17, 15) is 18.0 Å². The number of benzene rings is 1. The number of carbonyl (C=O) groups is 1. The fourth-order valence-corrected chi connectivity index (χ4v) is 3.03. The van der Waals surface area contributed by atoms with E-state index in [1.54, 1.807) is 6.20 Å². The van der Waals surface area contributed by atoms with E-state index in [4.69, 9.17) is 0 Å². The molecule has 1 N–H and O–H groups in total. The minimum atomic E-state index is -4.38. The van der Waals surface area contributed by atoms with Gasteiger partial charge in [-0.1, -0.05) is 19.9 Å². The van der Waals surface area contributed by atoms with Crippen LogP contribution in [0.1, 0.15) is 35.0 Å². The van der Waals surface area contributed by atoms with E-state index in [0.717, 1.165) is 4.88 Å². The smallest absolute Gasteiger partial charge is 0.298 e. The number of hydrogen-bond donors (Lipinski definition) is 1. The van der Waals surface area contributed by atoms with Crippen LogP contribution in [0.2, 0.25) is 0 Å². The van der Waals surface area contributed by atoms with E-state index in [1.165, 1.54) is 35.6 Å². The molecule has 0 saturated carbocycles. The average molecular weight is 346 g/mol. The highest BCUT2D eigenvalue weighted by molar-refractivity contribution is 8.00. The van der Waals surface area contributed by atoms with Gasteiger partial charge in [0.05, 0.1) is 0 Å². The molecule has 2 rings (SSSR count). The van der Waals surface area contributed by atoms with Crippen LogP contribution in [-0.2, 0) is 0 Å². The first-order valence-electron chi connectivity index (χ1n) is 6.37. The van der Waals surface area contributed by atoms with Gasteiger partial charge in [-0.2, -0.15) is 13.2 Å². The Morgan fingerprint density at radius 1 is 1.36 bits per heavy atom. The Balaban J connectivity index is 2.10. The van der Waals surface area contributed by atoms with Gasteiger partial charge in [0.2, 0.25) is 0 Å². The number of carbonyl (C=O) groups excluding carboxylic acids is 1. The van der Waals surface area contributed by atoms with Crippen LogP contribution in [0.5, 0.6) is 0 Å². The maximum atomic E-state index is 12.4. The van der Waals surface area contributed by atoms with Crippen molar-refractivity contribution in [1.29, 1.82) is 0 Å².